The highest BCUT2D eigenvalue weighted by atomic mass is 16.1. The minimum absolute atomic E-state index is 0.0388. The van der Waals surface area contributed by atoms with Gasteiger partial charge in [-0.25, -0.2) is 4.98 Å². The van der Waals surface area contributed by atoms with Crippen molar-refractivity contribution in [3.63, 3.8) is 0 Å². The van der Waals surface area contributed by atoms with Gasteiger partial charge in [-0.2, -0.15) is 4.98 Å². The summed E-state index contributed by atoms with van der Waals surface area (Å²) < 4.78 is 1.80. The Morgan fingerprint density at radius 3 is 2.42 bits per heavy atom. The van der Waals surface area contributed by atoms with E-state index in [0.717, 1.165) is 37.0 Å². The summed E-state index contributed by atoms with van der Waals surface area (Å²) >= 11 is 0. The molecule has 1 atom stereocenters. The average Bonchev–Trinajstić information content (AvgIpc) is 2.88. The molecule has 6 nitrogen and oxygen atoms in total. The molecule has 2 aromatic heterocycles. The van der Waals surface area contributed by atoms with Gasteiger partial charge in [0.05, 0.1) is 0 Å². The molecule has 3 heterocycles. The van der Waals surface area contributed by atoms with Crippen LogP contribution >= 0.6 is 0 Å². The Balaban J connectivity index is 1.58. The third-order valence-corrected chi connectivity index (χ3v) is 6.46. The van der Waals surface area contributed by atoms with E-state index in [0.29, 0.717) is 24.2 Å². The quantitative estimate of drug-likeness (QED) is 0.480. The van der Waals surface area contributed by atoms with E-state index < -0.39 is 0 Å². The van der Waals surface area contributed by atoms with Crippen LogP contribution in [0, 0.1) is 0 Å². The number of aromatic nitrogens is 3. The van der Waals surface area contributed by atoms with Crippen molar-refractivity contribution in [2.45, 2.75) is 38.3 Å². The summed E-state index contributed by atoms with van der Waals surface area (Å²) in [5, 5.41) is 4.32. The van der Waals surface area contributed by atoms with Crippen LogP contribution in [0.1, 0.15) is 31.2 Å². The first-order valence-electron chi connectivity index (χ1n) is 11.7. The van der Waals surface area contributed by atoms with E-state index >= 15 is 0 Å². The third kappa shape index (κ3) is 4.52. The van der Waals surface area contributed by atoms with Gasteiger partial charge in [0.25, 0.3) is 5.56 Å². The van der Waals surface area contributed by atoms with Gasteiger partial charge < -0.3 is 10.2 Å². The molecule has 0 saturated carbocycles. The van der Waals surface area contributed by atoms with Gasteiger partial charge in [-0.1, -0.05) is 55.5 Å². The number of nitrogens with zero attached hydrogens (tertiary/aromatic N) is 4. The van der Waals surface area contributed by atoms with Crippen molar-refractivity contribution < 1.29 is 0 Å². The fraction of sp³-hybridized carbons (Fsp3) is 0.296. The van der Waals surface area contributed by atoms with Crippen molar-refractivity contribution in [1.82, 2.24) is 19.9 Å². The van der Waals surface area contributed by atoms with Crippen molar-refractivity contribution >= 4 is 22.7 Å². The predicted octanol–water partition coefficient (Wildman–Crippen LogP) is 4.49. The normalized spacial score (nSPS) is 15.4. The Labute approximate surface area is 193 Å². The maximum Gasteiger partial charge on any atom is 0.252 e. The lowest BCUT2D eigenvalue weighted by atomic mass is 10.0. The largest absolute Gasteiger partial charge is 0.317 e. The molecular formula is C27H29N5O. The number of fused-ring (bicyclic) bond motifs is 1. The summed E-state index contributed by atoms with van der Waals surface area (Å²) in [5.74, 6) is 0.829. The summed E-state index contributed by atoms with van der Waals surface area (Å²) in [7, 11) is 0. The minimum atomic E-state index is -0.0388. The standard InChI is InChI=1S/C27H29N5O/c1-20(21-8-4-2-5-9-21)19-31-25(33)13-12-22-18-29-27(30-26(22)31)32(23-10-6-3-7-11-23)24-14-16-28-17-15-24/h2-13,18,20,24,28H,14-17,19H2,1H3. The van der Waals surface area contributed by atoms with Crippen molar-refractivity contribution in [2.75, 3.05) is 18.0 Å². The minimum Gasteiger partial charge on any atom is -0.317 e. The van der Waals surface area contributed by atoms with Crippen molar-refractivity contribution in [3.8, 4) is 0 Å². The molecular weight excluding hydrogens is 410 g/mol. The molecule has 4 aromatic rings. The molecule has 168 valence electrons. The van der Waals surface area contributed by atoms with E-state index in [-0.39, 0.29) is 11.5 Å². The summed E-state index contributed by atoms with van der Waals surface area (Å²) in [4.78, 5) is 24.9. The van der Waals surface area contributed by atoms with Crippen LogP contribution in [-0.2, 0) is 6.54 Å². The monoisotopic (exact) mass is 439 g/mol. The Bertz CT molecular complexity index is 1270. The molecule has 0 aliphatic carbocycles. The zero-order chi connectivity index (χ0) is 22.6. The molecule has 0 bridgehead atoms. The summed E-state index contributed by atoms with van der Waals surface area (Å²) in [6.45, 7) is 4.66. The average molecular weight is 440 g/mol. The molecule has 1 aliphatic rings. The number of para-hydroxylation sites is 1. The van der Waals surface area contributed by atoms with Gasteiger partial charge >= 0.3 is 0 Å². The van der Waals surface area contributed by atoms with Crippen molar-refractivity contribution in [3.05, 3.63) is 94.9 Å². The molecule has 6 heteroatoms. The fourth-order valence-corrected chi connectivity index (χ4v) is 4.66. The number of pyridine rings is 1. The van der Waals surface area contributed by atoms with Crippen LogP contribution < -0.4 is 15.8 Å². The zero-order valence-corrected chi connectivity index (χ0v) is 18.9. The number of hydrogen-bond donors (Lipinski definition) is 1. The van der Waals surface area contributed by atoms with Crippen LogP contribution in [0.3, 0.4) is 0 Å². The molecule has 1 saturated heterocycles. The van der Waals surface area contributed by atoms with E-state index in [9.17, 15) is 4.79 Å². The van der Waals surface area contributed by atoms with Crippen LogP contribution in [-0.4, -0.2) is 33.7 Å². The highest BCUT2D eigenvalue weighted by molar-refractivity contribution is 5.76. The van der Waals surface area contributed by atoms with Crippen LogP contribution in [0.25, 0.3) is 11.0 Å². The Morgan fingerprint density at radius 2 is 1.70 bits per heavy atom. The van der Waals surface area contributed by atoms with Crippen molar-refractivity contribution in [2.24, 2.45) is 0 Å². The molecule has 33 heavy (non-hydrogen) atoms. The number of benzene rings is 2. The van der Waals surface area contributed by atoms with Crippen LogP contribution in [0.4, 0.5) is 11.6 Å². The van der Waals surface area contributed by atoms with Crippen molar-refractivity contribution in [1.29, 1.82) is 0 Å². The van der Waals surface area contributed by atoms with Gasteiger partial charge in [0, 0.05) is 35.9 Å². The Kier molecular flexibility index (Phi) is 6.17. The van der Waals surface area contributed by atoms with Crippen LogP contribution in [0.2, 0.25) is 0 Å². The lowest BCUT2D eigenvalue weighted by Crippen LogP contribution is -2.41. The first kappa shape index (κ1) is 21.3. The number of piperidine rings is 1. The number of anilines is 2. The molecule has 1 fully saturated rings. The molecule has 1 unspecified atom stereocenters. The van der Waals surface area contributed by atoms with Gasteiger partial charge in [0.1, 0.15) is 5.65 Å². The number of nitrogens with one attached hydrogen (secondary N) is 1. The molecule has 5 rings (SSSR count). The van der Waals surface area contributed by atoms with E-state index in [4.69, 9.17) is 9.97 Å². The molecule has 1 aliphatic heterocycles. The predicted molar refractivity (Wildman–Crippen MR) is 133 cm³/mol. The van der Waals surface area contributed by atoms with E-state index in [1.54, 1.807) is 10.6 Å². The summed E-state index contributed by atoms with van der Waals surface area (Å²) in [6.07, 6.45) is 3.88. The highest BCUT2D eigenvalue weighted by Gasteiger charge is 2.25. The highest BCUT2D eigenvalue weighted by Crippen LogP contribution is 2.29. The second-order valence-electron chi connectivity index (χ2n) is 8.73. The fourth-order valence-electron chi connectivity index (χ4n) is 4.66. The van der Waals surface area contributed by atoms with E-state index in [1.165, 1.54) is 5.56 Å². The lowest BCUT2D eigenvalue weighted by Gasteiger charge is -2.34. The van der Waals surface area contributed by atoms with E-state index in [1.807, 2.05) is 48.7 Å². The van der Waals surface area contributed by atoms with Gasteiger partial charge in [-0.3, -0.25) is 9.36 Å². The Morgan fingerprint density at radius 1 is 1.00 bits per heavy atom. The molecule has 0 spiro atoms. The maximum absolute atomic E-state index is 12.9. The molecule has 0 radical (unpaired) electrons. The summed E-state index contributed by atoms with van der Waals surface area (Å²) in [5.41, 5.74) is 2.93. The van der Waals surface area contributed by atoms with Gasteiger partial charge in [-0.05, 0) is 55.6 Å². The van der Waals surface area contributed by atoms with Gasteiger partial charge in [-0.15, -0.1) is 0 Å². The Hall–Kier alpha value is -3.51. The van der Waals surface area contributed by atoms with E-state index in [2.05, 4.69) is 41.4 Å². The molecule has 2 aromatic carbocycles. The van der Waals surface area contributed by atoms with Crippen LogP contribution in [0.5, 0.6) is 0 Å². The first-order valence-corrected chi connectivity index (χ1v) is 11.7. The molecule has 1 N–H and O–H groups in total. The topological polar surface area (TPSA) is 63.1 Å². The first-order chi connectivity index (χ1) is 16.2. The van der Waals surface area contributed by atoms with Gasteiger partial charge in [0.2, 0.25) is 5.95 Å². The van der Waals surface area contributed by atoms with Crippen LogP contribution in [0.15, 0.2) is 83.8 Å². The zero-order valence-electron chi connectivity index (χ0n) is 18.9. The lowest BCUT2D eigenvalue weighted by molar-refractivity contribution is 0.449. The smallest absolute Gasteiger partial charge is 0.252 e. The second-order valence-corrected chi connectivity index (χ2v) is 8.73. The number of hydrogen-bond acceptors (Lipinski definition) is 5. The molecule has 0 amide bonds. The number of rotatable bonds is 6. The summed E-state index contributed by atoms with van der Waals surface area (Å²) in [6, 6.07) is 24.4. The second kappa shape index (κ2) is 9.55. The third-order valence-electron chi connectivity index (χ3n) is 6.46. The SMILES string of the molecule is CC(Cn1c(=O)ccc2cnc(N(c3ccccc3)C3CCNCC3)nc21)c1ccccc1. The van der Waals surface area contributed by atoms with Gasteiger partial charge in [0.15, 0.2) is 0 Å². The maximum atomic E-state index is 12.9.